The number of halogens is 4. The number of hydrazine groups is 1. The Labute approximate surface area is 177 Å². The Bertz CT molecular complexity index is 1290. The van der Waals surface area contributed by atoms with Gasteiger partial charge in [-0.25, -0.2) is 14.4 Å². The highest BCUT2D eigenvalue weighted by Gasteiger charge is 2.38. The Morgan fingerprint density at radius 1 is 1.00 bits per heavy atom. The molecule has 2 amide bonds. The third-order valence-electron chi connectivity index (χ3n) is 4.50. The summed E-state index contributed by atoms with van der Waals surface area (Å²) in [5.41, 5.74) is 4.88. The number of nitrogens with zero attached hydrogens (tertiary/aromatic N) is 4. The summed E-state index contributed by atoms with van der Waals surface area (Å²) in [5, 5.41) is 0. The maximum Gasteiger partial charge on any atom is 0.449 e. The van der Waals surface area contributed by atoms with E-state index in [0.29, 0.717) is 5.69 Å². The molecule has 0 aliphatic rings. The molecule has 2 aromatic carbocycles. The number of hydrogen-bond donors (Lipinski definition) is 2. The van der Waals surface area contributed by atoms with Gasteiger partial charge in [0.1, 0.15) is 18.1 Å². The number of aromatic nitrogens is 4. The lowest BCUT2D eigenvalue weighted by Crippen LogP contribution is -2.44. The first-order chi connectivity index (χ1) is 15.2. The molecule has 2 N–H and O–H groups in total. The van der Waals surface area contributed by atoms with Gasteiger partial charge in [-0.05, 0) is 36.4 Å². The predicted molar refractivity (Wildman–Crippen MR) is 104 cm³/mol. The number of alkyl halides is 3. The van der Waals surface area contributed by atoms with Crippen LogP contribution in [0.3, 0.4) is 0 Å². The summed E-state index contributed by atoms with van der Waals surface area (Å²) in [7, 11) is 0. The first-order valence-corrected chi connectivity index (χ1v) is 9.14. The van der Waals surface area contributed by atoms with Crippen LogP contribution in [0.2, 0.25) is 0 Å². The Morgan fingerprint density at radius 2 is 1.72 bits per heavy atom. The van der Waals surface area contributed by atoms with Gasteiger partial charge in [0.2, 0.25) is 5.82 Å². The second-order valence-electron chi connectivity index (χ2n) is 6.64. The largest absolute Gasteiger partial charge is 0.449 e. The number of fused-ring (bicyclic) bond motifs is 1. The minimum atomic E-state index is -4.77. The Balaban J connectivity index is 1.49. The van der Waals surface area contributed by atoms with Crippen LogP contribution >= 0.6 is 0 Å². The van der Waals surface area contributed by atoms with Crippen molar-refractivity contribution in [2.75, 3.05) is 0 Å². The third-order valence-corrected chi connectivity index (χ3v) is 4.50. The maximum absolute atomic E-state index is 13.3. The smallest absolute Gasteiger partial charge is 0.311 e. The zero-order chi connectivity index (χ0) is 22.9. The van der Waals surface area contributed by atoms with Crippen molar-refractivity contribution in [3.05, 3.63) is 78.4 Å². The third kappa shape index (κ3) is 4.15. The maximum atomic E-state index is 13.3. The minimum Gasteiger partial charge on any atom is -0.311 e. The Morgan fingerprint density at radius 3 is 2.44 bits per heavy atom. The van der Waals surface area contributed by atoms with Gasteiger partial charge in [0, 0.05) is 5.69 Å². The van der Waals surface area contributed by atoms with E-state index in [4.69, 9.17) is 0 Å². The number of imidazole rings is 2. The fraction of sp³-hybridized carbons (Fsp3) is 0.100. The van der Waals surface area contributed by atoms with Gasteiger partial charge >= 0.3 is 6.18 Å². The topological polar surface area (TPSA) is 93.8 Å². The molecule has 0 unspecified atom stereocenters. The predicted octanol–water partition coefficient (Wildman–Crippen LogP) is 2.84. The van der Waals surface area contributed by atoms with Crippen molar-refractivity contribution < 1.29 is 27.2 Å². The van der Waals surface area contributed by atoms with Crippen molar-refractivity contribution in [2.24, 2.45) is 0 Å². The molecule has 2 aromatic heterocycles. The molecule has 164 valence electrons. The lowest BCUT2D eigenvalue weighted by atomic mass is 10.3. The van der Waals surface area contributed by atoms with Crippen LogP contribution in [-0.4, -0.2) is 30.9 Å². The van der Waals surface area contributed by atoms with E-state index < -0.39 is 36.2 Å². The van der Waals surface area contributed by atoms with Crippen molar-refractivity contribution in [1.82, 2.24) is 30.0 Å². The molecule has 4 aromatic rings. The zero-order valence-corrected chi connectivity index (χ0v) is 16.1. The van der Waals surface area contributed by atoms with Crippen LogP contribution in [0.1, 0.15) is 16.3 Å². The SMILES string of the molecule is O=C(Cn1c(C(F)(F)F)nc2ccccc21)NNC(=O)c1cncn1-c1ccc(F)cc1. The second-order valence-corrected chi connectivity index (χ2v) is 6.64. The van der Waals surface area contributed by atoms with Crippen molar-refractivity contribution in [2.45, 2.75) is 12.7 Å². The number of amides is 2. The van der Waals surface area contributed by atoms with Gasteiger partial charge in [-0.3, -0.25) is 25.0 Å². The molecule has 0 saturated carbocycles. The van der Waals surface area contributed by atoms with Crippen LogP contribution in [0, 0.1) is 5.82 Å². The first kappa shape index (κ1) is 21.0. The normalized spacial score (nSPS) is 11.5. The standard InChI is InChI=1S/C20H14F4N6O2/c21-12-5-7-13(8-6-12)30-11-25-9-16(30)18(32)28-27-17(31)10-29-15-4-2-1-3-14(15)26-19(29)20(22,23)24/h1-9,11H,10H2,(H,27,31)(H,28,32). The van der Waals surface area contributed by atoms with E-state index in [1.807, 2.05) is 0 Å². The molecule has 4 rings (SSSR count). The number of carbonyl (C=O) groups is 2. The van der Waals surface area contributed by atoms with Crippen LogP contribution in [0.5, 0.6) is 0 Å². The van der Waals surface area contributed by atoms with E-state index in [1.54, 1.807) is 0 Å². The molecular formula is C20H14F4N6O2. The molecule has 0 spiro atoms. The fourth-order valence-corrected chi connectivity index (χ4v) is 3.10. The summed E-state index contributed by atoms with van der Waals surface area (Å²) in [6.45, 7) is -0.729. The van der Waals surface area contributed by atoms with E-state index >= 15 is 0 Å². The molecule has 0 radical (unpaired) electrons. The summed E-state index contributed by atoms with van der Waals surface area (Å²) < 4.78 is 55.2. The Hall–Kier alpha value is -4.22. The molecule has 0 bridgehead atoms. The average molecular weight is 446 g/mol. The number of nitrogens with one attached hydrogen (secondary N) is 2. The van der Waals surface area contributed by atoms with Gasteiger partial charge in [0.15, 0.2) is 0 Å². The molecule has 12 heteroatoms. The number of carbonyl (C=O) groups excluding carboxylic acids is 2. The van der Waals surface area contributed by atoms with Crippen LogP contribution in [0.4, 0.5) is 17.6 Å². The first-order valence-electron chi connectivity index (χ1n) is 9.14. The summed E-state index contributed by atoms with van der Waals surface area (Å²) in [6.07, 6.45) is -2.24. The molecule has 0 saturated heterocycles. The van der Waals surface area contributed by atoms with E-state index in [2.05, 4.69) is 20.8 Å². The quantitative estimate of drug-likeness (QED) is 0.373. The summed E-state index contributed by atoms with van der Waals surface area (Å²) in [5.74, 6) is -3.36. The van der Waals surface area contributed by atoms with Gasteiger partial charge in [-0.2, -0.15) is 13.2 Å². The highest BCUT2D eigenvalue weighted by molar-refractivity contribution is 5.94. The lowest BCUT2D eigenvalue weighted by Gasteiger charge is -2.13. The van der Waals surface area contributed by atoms with Crippen molar-refractivity contribution in [1.29, 1.82) is 0 Å². The van der Waals surface area contributed by atoms with Crippen LogP contribution in [-0.2, 0) is 17.5 Å². The fourth-order valence-electron chi connectivity index (χ4n) is 3.10. The number of benzene rings is 2. The van der Waals surface area contributed by atoms with Gasteiger partial charge in [-0.15, -0.1) is 0 Å². The van der Waals surface area contributed by atoms with Gasteiger partial charge < -0.3 is 4.57 Å². The average Bonchev–Trinajstić information content (AvgIpc) is 3.38. The van der Waals surface area contributed by atoms with Crippen molar-refractivity contribution in [3.63, 3.8) is 0 Å². The zero-order valence-electron chi connectivity index (χ0n) is 16.1. The molecule has 0 fully saturated rings. The molecule has 2 heterocycles. The molecule has 0 aliphatic heterocycles. The lowest BCUT2D eigenvalue weighted by molar-refractivity contribution is -0.147. The van der Waals surface area contributed by atoms with E-state index in [9.17, 15) is 27.2 Å². The van der Waals surface area contributed by atoms with Crippen molar-refractivity contribution in [3.8, 4) is 5.69 Å². The molecule has 32 heavy (non-hydrogen) atoms. The highest BCUT2D eigenvalue weighted by atomic mass is 19.4. The van der Waals surface area contributed by atoms with E-state index in [1.165, 1.54) is 65.6 Å². The summed E-state index contributed by atoms with van der Waals surface area (Å²) in [6, 6.07) is 11.1. The van der Waals surface area contributed by atoms with Crippen LogP contribution in [0.25, 0.3) is 16.7 Å². The summed E-state index contributed by atoms with van der Waals surface area (Å²) >= 11 is 0. The minimum absolute atomic E-state index is 0.0148. The number of para-hydroxylation sites is 2. The van der Waals surface area contributed by atoms with E-state index in [-0.39, 0.29) is 16.7 Å². The summed E-state index contributed by atoms with van der Waals surface area (Å²) in [4.78, 5) is 32.2. The second kappa shape index (κ2) is 8.13. The van der Waals surface area contributed by atoms with Gasteiger partial charge in [0.25, 0.3) is 11.8 Å². The Kier molecular flexibility index (Phi) is 5.34. The highest BCUT2D eigenvalue weighted by Crippen LogP contribution is 2.31. The van der Waals surface area contributed by atoms with Crippen molar-refractivity contribution >= 4 is 22.8 Å². The molecule has 8 nitrogen and oxygen atoms in total. The number of hydrogen-bond acceptors (Lipinski definition) is 4. The molecule has 0 aliphatic carbocycles. The molecule has 0 atom stereocenters. The van der Waals surface area contributed by atoms with Crippen LogP contribution in [0.15, 0.2) is 61.1 Å². The monoisotopic (exact) mass is 446 g/mol. The van der Waals surface area contributed by atoms with Gasteiger partial charge in [0.05, 0.1) is 23.6 Å². The van der Waals surface area contributed by atoms with Gasteiger partial charge in [-0.1, -0.05) is 12.1 Å². The molecular weight excluding hydrogens is 432 g/mol. The van der Waals surface area contributed by atoms with Crippen LogP contribution < -0.4 is 10.9 Å². The van der Waals surface area contributed by atoms with E-state index in [0.717, 1.165) is 4.57 Å². The number of rotatable bonds is 4.